The fourth-order valence-electron chi connectivity index (χ4n) is 7.04. The molecule has 0 radical (unpaired) electrons. The standard InChI is InChI=1S/C30H38FN3O6/c1-29(28(37)38)10-6-20(7-11-29)40-22-14-21(23(39-2)13-19(22)15-32)26(35)34-25-18-5-4-17(12-18)24(25)27(36)33-16-30(31)8-3-9-30/h13-14,17-18,20,24-25H,3-12,16H2,1-2H3,(H,33,36)(H,34,35)(H,37,38)/t17-,18+,20-,24+,25-,29+/m1/s1. The van der Waals surface area contributed by atoms with Gasteiger partial charge in [-0.2, -0.15) is 5.26 Å². The second kappa shape index (κ2) is 10.9. The number of amides is 2. The van der Waals surface area contributed by atoms with E-state index in [2.05, 4.69) is 16.7 Å². The van der Waals surface area contributed by atoms with Gasteiger partial charge in [0.05, 0.1) is 42.2 Å². The van der Waals surface area contributed by atoms with Gasteiger partial charge in [0.25, 0.3) is 5.91 Å². The van der Waals surface area contributed by atoms with Gasteiger partial charge in [0, 0.05) is 12.1 Å². The summed E-state index contributed by atoms with van der Waals surface area (Å²) in [6.07, 6.45) is 6.10. The predicted octanol–water partition coefficient (Wildman–Crippen LogP) is 4.13. The first-order valence-electron chi connectivity index (χ1n) is 14.4. The van der Waals surface area contributed by atoms with E-state index < -0.39 is 28.9 Å². The highest BCUT2D eigenvalue weighted by Gasteiger charge is 2.52. The van der Waals surface area contributed by atoms with E-state index in [1.807, 2.05) is 0 Å². The van der Waals surface area contributed by atoms with Gasteiger partial charge in [-0.25, -0.2) is 4.39 Å². The highest BCUT2D eigenvalue weighted by Crippen LogP contribution is 2.49. The number of benzene rings is 1. The number of carbonyl (C=O) groups is 3. The van der Waals surface area contributed by atoms with E-state index in [0.29, 0.717) is 38.5 Å². The summed E-state index contributed by atoms with van der Waals surface area (Å²) in [5, 5.41) is 25.1. The SMILES string of the molecule is COc1cc(C#N)c(O[C@H]2CC[C@@](C)(C(=O)O)CC2)cc1C(=O)N[C@@H]1[C@H]2CC[C@H](C2)[C@@H]1C(=O)NCC1(F)CCC1. The van der Waals surface area contributed by atoms with Crippen molar-refractivity contribution in [3.63, 3.8) is 0 Å². The molecule has 2 bridgehead atoms. The lowest BCUT2D eigenvalue weighted by molar-refractivity contribution is -0.150. The average molecular weight is 556 g/mol. The maximum Gasteiger partial charge on any atom is 0.309 e. The van der Waals surface area contributed by atoms with Crippen LogP contribution in [0.2, 0.25) is 0 Å². The molecule has 9 nitrogen and oxygen atoms in total. The van der Waals surface area contributed by atoms with Crippen LogP contribution in [0.5, 0.6) is 11.5 Å². The average Bonchev–Trinajstić information content (AvgIpc) is 3.53. The molecule has 2 amide bonds. The Labute approximate surface area is 233 Å². The van der Waals surface area contributed by atoms with E-state index in [1.54, 1.807) is 6.92 Å². The third-order valence-corrected chi connectivity index (χ3v) is 9.86. The minimum atomic E-state index is -1.32. The van der Waals surface area contributed by atoms with Crippen molar-refractivity contribution in [2.24, 2.45) is 23.2 Å². The number of ether oxygens (including phenoxy) is 2. The van der Waals surface area contributed by atoms with Crippen molar-refractivity contribution in [3.05, 3.63) is 23.3 Å². The lowest BCUT2D eigenvalue weighted by Crippen LogP contribution is -2.52. The molecule has 216 valence electrons. The molecule has 0 aromatic heterocycles. The fourth-order valence-corrected chi connectivity index (χ4v) is 7.04. The molecule has 0 aliphatic heterocycles. The first kappa shape index (κ1) is 28.2. The third kappa shape index (κ3) is 5.35. The molecule has 4 fully saturated rings. The minimum absolute atomic E-state index is 0.0112. The summed E-state index contributed by atoms with van der Waals surface area (Å²) in [6, 6.07) is 4.70. The molecule has 0 heterocycles. The lowest BCUT2D eigenvalue weighted by Gasteiger charge is -2.36. The number of hydrogen-bond acceptors (Lipinski definition) is 6. The largest absolute Gasteiger partial charge is 0.496 e. The van der Waals surface area contributed by atoms with Crippen LogP contribution in [0.3, 0.4) is 0 Å². The number of carbonyl (C=O) groups excluding carboxylic acids is 2. The van der Waals surface area contributed by atoms with Crippen LogP contribution in [0.25, 0.3) is 0 Å². The van der Waals surface area contributed by atoms with Crippen molar-refractivity contribution < 1.29 is 33.4 Å². The third-order valence-electron chi connectivity index (χ3n) is 9.86. The molecule has 1 aromatic carbocycles. The van der Waals surface area contributed by atoms with Gasteiger partial charge < -0.3 is 25.2 Å². The van der Waals surface area contributed by atoms with Gasteiger partial charge >= 0.3 is 5.97 Å². The van der Waals surface area contributed by atoms with Crippen LogP contribution >= 0.6 is 0 Å². The van der Waals surface area contributed by atoms with E-state index in [1.165, 1.54) is 19.2 Å². The van der Waals surface area contributed by atoms with Crippen molar-refractivity contribution in [2.75, 3.05) is 13.7 Å². The number of nitrogens with zero attached hydrogens (tertiary/aromatic N) is 1. The molecule has 40 heavy (non-hydrogen) atoms. The summed E-state index contributed by atoms with van der Waals surface area (Å²) in [4.78, 5) is 38.4. The second-order valence-corrected chi connectivity index (χ2v) is 12.4. The molecule has 0 saturated heterocycles. The maximum atomic E-state index is 14.5. The van der Waals surface area contributed by atoms with Crippen LogP contribution in [0.4, 0.5) is 4.39 Å². The van der Waals surface area contributed by atoms with Crippen molar-refractivity contribution in [3.8, 4) is 17.6 Å². The van der Waals surface area contributed by atoms with Crippen molar-refractivity contribution in [2.45, 2.75) is 88.9 Å². The number of methoxy groups -OCH3 is 1. The fraction of sp³-hybridized carbons (Fsp3) is 0.667. The Bertz CT molecular complexity index is 1220. The molecule has 0 unspecified atom stereocenters. The predicted molar refractivity (Wildman–Crippen MR) is 143 cm³/mol. The van der Waals surface area contributed by atoms with Gasteiger partial charge in [-0.15, -0.1) is 0 Å². The highest BCUT2D eigenvalue weighted by molar-refractivity contribution is 5.98. The summed E-state index contributed by atoms with van der Waals surface area (Å²) in [5.74, 6) is -1.10. The second-order valence-electron chi connectivity index (χ2n) is 12.4. The number of rotatable bonds is 9. The number of fused-ring (bicyclic) bond motifs is 2. The summed E-state index contributed by atoms with van der Waals surface area (Å²) in [6.45, 7) is 1.74. The zero-order valence-electron chi connectivity index (χ0n) is 23.1. The van der Waals surface area contributed by atoms with E-state index in [9.17, 15) is 29.1 Å². The van der Waals surface area contributed by atoms with Gasteiger partial charge in [0.1, 0.15) is 23.2 Å². The molecule has 4 saturated carbocycles. The molecule has 5 rings (SSSR count). The van der Waals surface area contributed by atoms with Gasteiger partial charge in [-0.1, -0.05) is 0 Å². The zero-order chi connectivity index (χ0) is 28.7. The van der Waals surface area contributed by atoms with Gasteiger partial charge in [-0.3, -0.25) is 14.4 Å². The molecular weight excluding hydrogens is 517 g/mol. The molecule has 10 heteroatoms. The normalized spacial score (nSPS) is 31.9. The molecule has 4 atom stereocenters. The number of carboxylic acid groups (broad SMARTS) is 1. The van der Waals surface area contributed by atoms with Crippen LogP contribution in [0.1, 0.15) is 87.1 Å². The quantitative estimate of drug-likeness (QED) is 0.417. The summed E-state index contributed by atoms with van der Waals surface area (Å²) in [5.41, 5.74) is -1.70. The number of nitrogens with one attached hydrogen (secondary N) is 2. The van der Waals surface area contributed by atoms with E-state index >= 15 is 0 Å². The number of halogens is 1. The Hall–Kier alpha value is -3.35. The molecule has 3 N–H and O–H groups in total. The number of alkyl halides is 1. The van der Waals surface area contributed by atoms with Crippen molar-refractivity contribution in [1.82, 2.24) is 10.6 Å². The molecule has 4 aliphatic carbocycles. The van der Waals surface area contributed by atoms with Gasteiger partial charge in [-0.05, 0) is 89.0 Å². The van der Waals surface area contributed by atoms with E-state index in [0.717, 1.165) is 25.7 Å². The lowest BCUT2D eigenvalue weighted by atomic mass is 9.75. The van der Waals surface area contributed by atoms with E-state index in [-0.39, 0.29) is 59.1 Å². The monoisotopic (exact) mass is 555 g/mol. The Morgan fingerprint density at radius 2 is 1.80 bits per heavy atom. The Balaban J connectivity index is 1.31. The van der Waals surface area contributed by atoms with Gasteiger partial charge in [0.15, 0.2) is 0 Å². The summed E-state index contributed by atoms with van der Waals surface area (Å²) < 4.78 is 26.1. The minimum Gasteiger partial charge on any atom is -0.496 e. The smallest absolute Gasteiger partial charge is 0.309 e. The number of nitriles is 1. The van der Waals surface area contributed by atoms with Crippen LogP contribution in [-0.2, 0) is 9.59 Å². The Morgan fingerprint density at radius 3 is 2.40 bits per heavy atom. The number of hydrogen-bond donors (Lipinski definition) is 3. The molecular formula is C30H38FN3O6. The van der Waals surface area contributed by atoms with Gasteiger partial charge in [0.2, 0.25) is 5.91 Å². The molecule has 1 aromatic rings. The van der Waals surface area contributed by atoms with Crippen LogP contribution in [-0.4, -0.2) is 54.4 Å². The first-order chi connectivity index (χ1) is 19.1. The van der Waals surface area contributed by atoms with E-state index in [4.69, 9.17) is 9.47 Å². The zero-order valence-corrected chi connectivity index (χ0v) is 23.1. The molecule has 0 spiro atoms. The van der Waals surface area contributed by atoms with Crippen molar-refractivity contribution in [1.29, 1.82) is 5.26 Å². The van der Waals surface area contributed by atoms with Crippen LogP contribution in [0.15, 0.2) is 12.1 Å². The van der Waals surface area contributed by atoms with Crippen molar-refractivity contribution >= 4 is 17.8 Å². The Morgan fingerprint density at radius 1 is 1.10 bits per heavy atom. The number of carboxylic acids is 1. The van der Waals surface area contributed by atoms with Crippen LogP contribution in [0, 0.1) is 34.5 Å². The van der Waals surface area contributed by atoms with Crippen LogP contribution < -0.4 is 20.1 Å². The highest BCUT2D eigenvalue weighted by atomic mass is 19.1. The summed E-state index contributed by atoms with van der Waals surface area (Å²) in [7, 11) is 1.42. The number of aliphatic carboxylic acids is 1. The summed E-state index contributed by atoms with van der Waals surface area (Å²) >= 11 is 0. The Kier molecular flexibility index (Phi) is 7.68. The molecule has 4 aliphatic rings. The maximum absolute atomic E-state index is 14.5. The first-order valence-corrected chi connectivity index (χ1v) is 14.4. The topological polar surface area (TPSA) is 138 Å².